The molecule has 0 spiro atoms. The number of amides is 1. The molecule has 0 radical (unpaired) electrons. The van der Waals surface area contributed by atoms with Crippen molar-refractivity contribution in [2.75, 3.05) is 37.9 Å². The third-order valence-electron chi connectivity index (χ3n) is 5.55. The fraction of sp³-hybridized carbons (Fsp3) is 0.304. The maximum absolute atomic E-state index is 12.9. The number of ether oxygens (including phenoxy) is 1. The minimum atomic E-state index is -0.209. The average Bonchev–Trinajstić information content (AvgIpc) is 2.77. The highest BCUT2D eigenvalue weighted by Gasteiger charge is 2.19. The summed E-state index contributed by atoms with van der Waals surface area (Å²) in [5.74, 6) is 0.450. The van der Waals surface area contributed by atoms with E-state index in [4.69, 9.17) is 16.3 Å². The molecule has 6 nitrogen and oxygen atoms in total. The Balaban J connectivity index is 1.53. The molecule has 7 heteroatoms. The van der Waals surface area contributed by atoms with E-state index >= 15 is 0 Å². The first-order valence-corrected chi connectivity index (χ1v) is 10.4. The number of hydrogen-bond acceptors (Lipinski definition) is 5. The van der Waals surface area contributed by atoms with Gasteiger partial charge in [0.1, 0.15) is 5.75 Å². The van der Waals surface area contributed by atoms with Crippen LogP contribution in [0.5, 0.6) is 5.75 Å². The van der Waals surface area contributed by atoms with Crippen molar-refractivity contribution in [1.29, 1.82) is 0 Å². The molecule has 1 amide bonds. The maximum Gasteiger partial charge on any atom is 0.255 e. The predicted octanol–water partition coefficient (Wildman–Crippen LogP) is 4.66. The summed E-state index contributed by atoms with van der Waals surface area (Å²) in [6.07, 6.45) is 5.54. The minimum absolute atomic E-state index is 0.209. The first kappa shape index (κ1) is 20.4. The zero-order valence-electron chi connectivity index (χ0n) is 17.1. The van der Waals surface area contributed by atoms with Crippen LogP contribution in [-0.4, -0.2) is 49.1 Å². The van der Waals surface area contributed by atoms with Crippen molar-refractivity contribution in [1.82, 2.24) is 9.88 Å². The van der Waals surface area contributed by atoms with Crippen molar-refractivity contribution in [3.63, 3.8) is 0 Å². The molecule has 2 heterocycles. The second-order valence-electron chi connectivity index (χ2n) is 7.61. The van der Waals surface area contributed by atoms with Crippen LogP contribution in [0.4, 0.5) is 11.4 Å². The summed E-state index contributed by atoms with van der Waals surface area (Å²) in [6.45, 7) is 2.15. The Bertz CT molecular complexity index is 1060. The van der Waals surface area contributed by atoms with E-state index in [2.05, 4.69) is 27.6 Å². The van der Waals surface area contributed by atoms with Crippen LogP contribution in [0.1, 0.15) is 23.2 Å². The standard InChI is InChI=1S/C23H25ClN4O2/c1-28-11-8-16(9-12-28)26-21-5-3-15(13-22(21)30-2)23(29)27-20-6-4-19(24)18-14-25-10-7-17(18)20/h3-7,10,13-14,16,26H,8-9,11-12H2,1-2H3,(H,27,29). The van der Waals surface area contributed by atoms with Crippen molar-refractivity contribution in [3.8, 4) is 5.75 Å². The Labute approximate surface area is 181 Å². The highest BCUT2D eigenvalue weighted by molar-refractivity contribution is 6.36. The second-order valence-corrected chi connectivity index (χ2v) is 8.01. The Morgan fingerprint density at radius 2 is 1.90 bits per heavy atom. The van der Waals surface area contributed by atoms with Crippen LogP contribution in [0.15, 0.2) is 48.8 Å². The Hall–Kier alpha value is -2.83. The zero-order valence-corrected chi connectivity index (χ0v) is 17.9. The highest BCUT2D eigenvalue weighted by Crippen LogP contribution is 2.31. The van der Waals surface area contributed by atoms with Gasteiger partial charge in [0, 0.05) is 40.5 Å². The van der Waals surface area contributed by atoms with Gasteiger partial charge in [0.15, 0.2) is 0 Å². The van der Waals surface area contributed by atoms with E-state index in [-0.39, 0.29) is 5.91 Å². The maximum atomic E-state index is 12.9. The van der Waals surface area contributed by atoms with Crippen LogP contribution in [0.2, 0.25) is 5.02 Å². The molecule has 1 aromatic heterocycles. The minimum Gasteiger partial charge on any atom is -0.495 e. The zero-order chi connectivity index (χ0) is 21.1. The lowest BCUT2D eigenvalue weighted by molar-refractivity contribution is 0.102. The summed E-state index contributed by atoms with van der Waals surface area (Å²) in [7, 11) is 3.77. The van der Waals surface area contributed by atoms with Gasteiger partial charge in [-0.25, -0.2) is 0 Å². The van der Waals surface area contributed by atoms with Crippen LogP contribution in [0, 0.1) is 0 Å². The summed E-state index contributed by atoms with van der Waals surface area (Å²) >= 11 is 6.25. The number of pyridine rings is 1. The van der Waals surface area contributed by atoms with Gasteiger partial charge in [0.25, 0.3) is 5.91 Å². The van der Waals surface area contributed by atoms with E-state index in [1.807, 2.05) is 18.2 Å². The van der Waals surface area contributed by atoms with Gasteiger partial charge >= 0.3 is 0 Å². The summed E-state index contributed by atoms with van der Waals surface area (Å²) in [5, 5.41) is 8.78. The SMILES string of the molecule is COc1cc(C(=O)Nc2ccc(Cl)c3cnccc23)ccc1NC1CCN(C)CC1. The summed E-state index contributed by atoms with van der Waals surface area (Å²) < 4.78 is 5.56. The molecule has 1 saturated heterocycles. The van der Waals surface area contributed by atoms with Crippen molar-refractivity contribution in [3.05, 3.63) is 59.4 Å². The molecule has 1 aliphatic rings. The monoisotopic (exact) mass is 424 g/mol. The molecule has 2 N–H and O–H groups in total. The van der Waals surface area contributed by atoms with Crippen LogP contribution >= 0.6 is 11.6 Å². The van der Waals surface area contributed by atoms with Gasteiger partial charge in [-0.2, -0.15) is 0 Å². The fourth-order valence-corrected chi connectivity index (χ4v) is 4.00. The van der Waals surface area contributed by atoms with Gasteiger partial charge < -0.3 is 20.3 Å². The predicted molar refractivity (Wildman–Crippen MR) is 122 cm³/mol. The number of likely N-dealkylation sites (tertiary alicyclic amines) is 1. The largest absolute Gasteiger partial charge is 0.495 e. The number of carbonyl (C=O) groups is 1. The van der Waals surface area contributed by atoms with Gasteiger partial charge in [-0.1, -0.05) is 11.6 Å². The molecule has 3 aromatic rings. The number of benzene rings is 2. The summed E-state index contributed by atoms with van der Waals surface area (Å²) in [4.78, 5) is 19.4. The van der Waals surface area contributed by atoms with Gasteiger partial charge in [-0.15, -0.1) is 0 Å². The molecule has 30 heavy (non-hydrogen) atoms. The van der Waals surface area contributed by atoms with E-state index in [1.165, 1.54) is 0 Å². The molecule has 0 saturated carbocycles. The van der Waals surface area contributed by atoms with Crippen LogP contribution in [0.25, 0.3) is 10.8 Å². The number of aromatic nitrogens is 1. The normalized spacial score (nSPS) is 15.2. The van der Waals surface area contributed by atoms with E-state index in [0.717, 1.165) is 42.4 Å². The summed E-state index contributed by atoms with van der Waals surface area (Å²) in [5.41, 5.74) is 2.12. The first-order chi connectivity index (χ1) is 14.5. The number of nitrogens with zero attached hydrogens (tertiary/aromatic N) is 2. The quantitative estimate of drug-likeness (QED) is 0.623. The number of piperidine rings is 1. The molecule has 0 atom stereocenters. The molecule has 2 aromatic carbocycles. The molecule has 156 valence electrons. The Morgan fingerprint density at radius 3 is 2.67 bits per heavy atom. The van der Waals surface area contributed by atoms with Crippen molar-refractivity contribution >= 4 is 39.7 Å². The fourth-order valence-electron chi connectivity index (χ4n) is 3.78. The Kier molecular flexibility index (Phi) is 6.06. The molecule has 0 unspecified atom stereocenters. The smallest absolute Gasteiger partial charge is 0.255 e. The number of carbonyl (C=O) groups excluding carboxylic acids is 1. The third kappa shape index (κ3) is 4.35. The van der Waals surface area contributed by atoms with Crippen molar-refractivity contribution < 1.29 is 9.53 Å². The topological polar surface area (TPSA) is 66.5 Å². The number of nitrogens with one attached hydrogen (secondary N) is 2. The molecule has 1 aliphatic heterocycles. The highest BCUT2D eigenvalue weighted by atomic mass is 35.5. The Morgan fingerprint density at radius 1 is 1.13 bits per heavy atom. The molecule has 0 bridgehead atoms. The number of anilines is 2. The average molecular weight is 425 g/mol. The van der Waals surface area contributed by atoms with Gasteiger partial charge in [0.05, 0.1) is 17.8 Å². The number of hydrogen-bond donors (Lipinski definition) is 2. The van der Waals surface area contributed by atoms with E-state index in [0.29, 0.717) is 28.1 Å². The number of methoxy groups -OCH3 is 1. The van der Waals surface area contributed by atoms with Gasteiger partial charge in [-0.3, -0.25) is 9.78 Å². The van der Waals surface area contributed by atoms with E-state index < -0.39 is 0 Å². The van der Waals surface area contributed by atoms with E-state index in [1.54, 1.807) is 37.7 Å². The first-order valence-electron chi connectivity index (χ1n) is 10.0. The molecule has 4 rings (SSSR count). The van der Waals surface area contributed by atoms with Crippen molar-refractivity contribution in [2.24, 2.45) is 0 Å². The number of fused-ring (bicyclic) bond motifs is 1. The van der Waals surface area contributed by atoms with Crippen LogP contribution in [0.3, 0.4) is 0 Å². The number of halogens is 1. The molecular weight excluding hydrogens is 400 g/mol. The second kappa shape index (κ2) is 8.90. The molecule has 0 aliphatic carbocycles. The lowest BCUT2D eigenvalue weighted by Gasteiger charge is -2.30. The lowest BCUT2D eigenvalue weighted by Crippen LogP contribution is -2.36. The van der Waals surface area contributed by atoms with E-state index in [9.17, 15) is 4.79 Å². The van der Waals surface area contributed by atoms with Gasteiger partial charge in [-0.05, 0) is 69.4 Å². The van der Waals surface area contributed by atoms with Crippen LogP contribution in [-0.2, 0) is 0 Å². The third-order valence-corrected chi connectivity index (χ3v) is 5.88. The van der Waals surface area contributed by atoms with Gasteiger partial charge in [0.2, 0.25) is 0 Å². The van der Waals surface area contributed by atoms with Crippen LogP contribution < -0.4 is 15.4 Å². The summed E-state index contributed by atoms with van der Waals surface area (Å²) in [6, 6.07) is 11.3. The lowest BCUT2D eigenvalue weighted by atomic mass is 10.0. The number of rotatable bonds is 5. The molecular formula is C23H25ClN4O2. The molecule has 1 fully saturated rings. The van der Waals surface area contributed by atoms with Crippen molar-refractivity contribution in [2.45, 2.75) is 18.9 Å².